The standard InChI is InChI=1S/C18H17ClFNO3/c1-3-17(22)21-16-9-12(8-7-11(16)2)18(23)24-10-13-14(19)5-4-6-15(13)20/h4-9H,3,10H2,1-2H3,(H,21,22). The van der Waals surface area contributed by atoms with Gasteiger partial charge in [-0.05, 0) is 36.8 Å². The van der Waals surface area contributed by atoms with E-state index in [9.17, 15) is 14.0 Å². The molecule has 0 aromatic heterocycles. The van der Waals surface area contributed by atoms with Crippen molar-refractivity contribution in [3.8, 4) is 0 Å². The molecule has 0 aliphatic heterocycles. The highest BCUT2D eigenvalue weighted by Crippen LogP contribution is 2.22. The second kappa shape index (κ2) is 7.93. The van der Waals surface area contributed by atoms with Crippen LogP contribution >= 0.6 is 11.6 Å². The summed E-state index contributed by atoms with van der Waals surface area (Å²) in [7, 11) is 0. The molecule has 24 heavy (non-hydrogen) atoms. The van der Waals surface area contributed by atoms with Crippen molar-refractivity contribution in [1.29, 1.82) is 0 Å². The fourth-order valence-corrected chi connectivity index (χ4v) is 2.23. The summed E-state index contributed by atoms with van der Waals surface area (Å²) in [5.74, 6) is -1.31. The van der Waals surface area contributed by atoms with Crippen LogP contribution in [0.5, 0.6) is 0 Å². The molecule has 0 aliphatic carbocycles. The molecule has 0 fully saturated rings. The topological polar surface area (TPSA) is 55.4 Å². The van der Waals surface area contributed by atoms with Crippen molar-refractivity contribution >= 4 is 29.2 Å². The summed E-state index contributed by atoms with van der Waals surface area (Å²) in [6.07, 6.45) is 0.333. The van der Waals surface area contributed by atoms with Crippen LogP contribution in [-0.4, -0.2) is 11.9 Å². The largest absolute Gasteiger partial charge is 0.457 e. The van der Waals surface area contributed by atoms with E-state index < -0.39 is 11.8 Å². The third-order valence-electron chi connectivity index (χ3n) is 3.48. The van der Waals surface area contributed by atoms with Gasteiger partial charge in [0, 0.05) is 17.7 Å². The molecule has 0 bridgehead atoms. The molecule has 0 aliphatic rings. The molecular formula is C18H17ClFNO3. The summed E-state index contributed by atoms with van der Waals surface area (Å²) in [6, 6.07) is 9.08. The molecule has 0 atom stereocenters. The summed E-state index contributed by atoms with van der Waals surface area (Å²) >= 11 is 5.90. The van der Waals surface area contributed by atoms with Gasteiger partial charge in [0.05, 0.1) is 10.6 Å². The fourth-order valence-electron chi connectivity index (χ4n) is 2.01. The Morgan fingerprint density at radius 1 is 1.25 bits per heavy atom. The van der Waals surface area contributed by atoms with Crippen LogP contribution in [0.3, 0.4) is 0 Å². The van der Waals surface area contributed by atoms with Gasteiger partial charge in [-0.15, -0.1) is 0 Å². The summed E-state index contributed by atoms with van der Waals surface area (Å²) in [6.45, 7) is 3.29. The average molecular weight is 350 g/mol. The Morgan fingerprint density at radius 3 is 2.67 bits per heavy atom. The minimum atomic E-state index is -0.624. The lowest BCUT2D eigenvalue weighted by Gasteiger charge is -2.11. The Labute approximate surface area is 144 Å². The Kier molecular flexibility index (Phi) is 5.93. The number of hydrogen-bond acceptors (Lipinski definition) is 3. The molecule has 126 valence electrons. The van der Waals surface area contributed by atoms with Gasteiger partial charge in [0.15, 0.2) is 0 Å². The smallest absolute Gasteiger partial charge is 0.338 e. The summed E-state index contributed by atoms with van der Waals surface area (Å²) in [5.41, 5.74) is 1.75. The predicted octanol–water partition coefficient (Wildman–Crippen LogP) is 4.49. The zero-order chi connectivity index (χ0) is 17.7. The first-order chi connectivity index (χ1) is 11.4. The van der Waals surface area contributed by atoms with Crippen molar-refractivity contribution in [1.82, 2.24) is 0 Å². The molecule has 2 rings (SSSR count). The third kappa shape index (κ3) is 4.32. The van der Waals surface area contributed by atoms with Crippen molar-refractivity contribution in [2.24, 2.45) is 0 Å². The number of carbonyl (C=O) groups excluding carboxylic acids is 2. The summed E-state index contributed by atoms with van der Waals surface area (Å²) in [5, 5.41) is 2.92. The highest BCUT2D eigenvalue weighted by atomic mass is 35.5. The molecule has 0 saturated heterocycles. The number of amides is 1. The minimum absolute atomic E-state index is 0.124. The lowest BCUT2D eigenvalue weighted by Crippen LogP contribution is -2.12. The first kappa shape index (κ1) is 17.9. The van der Waals surface area contributed by atoms with Crippen LogP contribution in [0.2, 0.25) is 5.02 Å². The number of rotatable bonds is 5. The Balaban J connectivity index is 2.12. The Morgan fingerprint density at radius 2 is 2.00 bits per heavy atom. The van der Waals surface area contributed by atoms with Crippen LogP contribution in [0.25, 0.3) is 0 Å². The van der Waals surface area contributed by atoms with Crippen molar-refractivity contribution in [3.63, 3.8) is 0 Å². The van der Waals surface area contributed by atoms with Gasteiger partial charge in [0.25, 0.3) is 0 Å². The van der Waals surface area contributed by atoms with E-state index in [1.54, 1.807) is 19.1 Å². The van der Waals surface area contributed by atoms with Gasteiger partial charge in [-0.25, -0.2) is 9.18 Å². The van der Waals surface area contributed by atoms with E-state index in [2.05, 4.69) is 5.32 Å². The molecule has 4 nitrogen and oxygen atoms in total. The van der Waals surface area contributed by atoms with Gasteiger partial charge in [-0.3, -0.25) is 4.79 Å². The zero-order valence-electron chi connectivity index (χ0n) is 13.4. The number of benzene rings is 2. The molecule has 0 radical (unpaired) electrons. The van der Waals surface area contributed by atoms with E-state index in [4.69, 9.17) is 16.3 Å². The predicted molar refractivity (Wildman–Crippen MR) is 90.6 cm³/mol. The number of ether oxygens (including phenoxy) is 1. The second-order valence-electron chi connectivity index (χ2n) is 5.21. The number of nitrogens with one attached hydrogen (secondary N) is 1. The Bertz CT molecular complexity index is 757. The second-order valence-corrected chi connectivity index (χ2v) is 5.61. The molecule has 0 saturated carbocycles. The van der Waals surface area contributed by atoms with Crippen molar-refractivity contribution in [2.45, 2.75) is 26.9 Å². The van der Waals surface area contributed by atoms with E-state index in [0.717, 1.165) is 5.56 Å². The number of carbonyl (C=O) groups is 2. The first-order valence-corrected chi connectivity index (χ1v) is 7.80. The zero-order valence-corrected chi connectivity index (χ0v) is 14.1. The summed E-state index contributed by atoms with van der Waals surface area (Å²) < 4.78 is 18.8. The number of aryl methyl sites for hydroxylation is 1. The van der Waals surface area contributed by atoms with Crippen molar-refractivity contribution in [2.75, 3.05) is 5.32 Å². The fraction of sp³-hybridized carbons (Fsp3) is 0.222. The van der Waals surface area contributed by atoms with Crippen LogP contribution < -0.4 is 5.32 Å². The van der Waals surface area contributed by atoms with Crippen LogP contribution in [-0.2, 0) is 16.1 Å². The van der Waals surface area contributed by atoms with Gasteiger partial charge in [0.2, 0.25) is 5.91 Å². The normalized spacial score (nSPS) is 10.3. The SMILES string of the molecule is CCC(=O)Nc1cc(C(=O)OCc2c(F)cccc2Cl)ccc1C. The van der Waals surface area contributed by atoms with Crippen molar-refractivity contribution < 1.29 is 18.7 Å². The third-order valence-corrected chi connectivity index (χ3v) is 3.83. The molecule has 0 spiro atoms. The van der Waals surface area contributed by atoms with Crippen LogP contribution in [0, 0.1) is 12.7 Å². The lowest BCUT2D eigenvalue weighted by atomic mass is 10.1. The molecule has 2 aromatic carbocycles. The minimum Gasteiger partial charge on any atom is -0.457 e. The molecular weight excluding hydrogens is 333 g/mol. The molecule has 0 unspecified atom stereocenters. The number of anilines is 1. The van der Waals surface area contributed by atoms with Gasteiger partial charge < -0.3 is 10.1 Å². The van der Waals surface area contributed by atoms with Crippen LogP contribution in [0.1, 0.15) is 34.8 Å². The number of hydrogen-bond donors (Lipinski definition) is 1. The highest BCUT2D eigenvalue weighted by Gasteiger charge is 2.14. The quantitative estimate of drug-likeness (QED) is 0.809. The van der Waals surface area contributed by atoms with Crippen LogP contribution in [0.15, 0.2) is 36.4 Å². The summed E-state index contributed by atoms with van der Waals surface area (Å²) in [4.78, 5) is 23.7. The molecule has 1 amide bonds. The van der Waals surface area contributed by atoms with E-state index in [1.807, 2.05) is 6.92 Å². The van der Waals surface area contributed by atoms with Gasteiger partial charge in [0.1, 0.15) is 12.4 Å². The Hall–Kier alpha value is -2.40. The van der Waals surface area contributed by atoms with E-state index in [-0.39, 0.29) is 28.7 Å². The number of esters is 1. The maximum Gasteiger partial charge on any atom is 0.338 e. The molecule has 2 aromatic rings. The maximum absolute atomic E-state index is 13.7. The molecule has 6 heteroatoms. The first-order valence-electron chi connectivity index (χ1n) is 7.43. The monoisotopic (exact) mass is 349 g/mol. The van der Waals surface area contributed by atoms with Crippen LogP contribution in [0.4, 0.5) is 10.1 Å². The van der Waals surface area contributed by atoms with Crippen molar-refractivity contribution in [3.05, 3.63) is 63.9 Å². The highest BCUT2D eigenvalue weighted by molar-refractivity contribution is 6.31. The molecule has 1 N–H and O–H groups in total. The number of halogens is 2. The van der Waals surface area contributed by atoms with E-state index >= 15 is 0 Å². The van der Waals surface area contributed by atoms with E-state index in [0.29, 0.717) is 12.1 Å². The van der Waals surface area contributed by atoms with Gasteiger partial charge >= 0.3 is 5.97 Å². The van der Waals surface area contributed by atoms with Gasteiger partial charge in [-0.1, -0.05) is 30.7 Å². The maximum atomic E-state index is 13.7. The van der Waals surface area contributed by atoms with Gasteiger partial charge in [-0.2, -0.15) is 0 Å². The van der Waals surface area contributed by atoms with E-state index in [1.165, 1.54) is 24.3 Å². The molecule has 0 heterocycles. The average Bonchev–Trinajstić information content (AvgIpc) is 2.56. The lowest BCUT2D eigenvalue weighted by molar-refractivity contribution is -0.115.